The number of pyridine rings is 1. The second-order valence-electron chi connectivity index (χ2n) is 14.3. The number of aromatic nitrogens is 6. The number of ether oxygens (including phenoxy) is 2. The van der Waals surface area contributed by atoms with E-state index in [9.17, 15) is 44.1 Å². The number of hydrogen-bond donors (Lipinski definition) is 1. The topological polar surface area (TPSA) is 172 Å². The second kappa shape index (κ2) is 13.8. The van der Waals surface area contributed by atoms with Crippen molar-refractivity contribution in [3.8, 4) is 17.1 Å². The Morgan fingerprint density at radius 1 is 1.02 bits per heavy atom. The summed E-state index contributed by atoms with van der Waals surface area (Å²) in [6, 6.07) is 1.43. The lowest BCUT2D eigenvalue weighted by Gasteiger charge is -2.34. The van der Waals surface area contributed by atoms with Crippen molar-refractivity contribution in [1.29, 1.82) is 0 Å². The molecule has 0 spiro atoms. The van der Waals surface area contributed by atoms with Crippen molar-refractivity contribution in [1.82, 2.24) is 34.3 Å². The highest BCUT2D eigenvalue weighted by atomic mass is 32.2. The molecule has 6 heterocycles. The summed E-state index contributed by atoms with van der Waals surface area (Å²) in [6.45, 7) is 8.27. The van der Waals surface area contributed by atoms with E-state index in [1.807, 2.05) is 0 Å². The van der Waals surface area contributed by atoms with Gasteiger partial charge in [0.15, 0.2) is 17.6 Å². The number of carbonyl (C=O) groups is 1. The number of hydrogen-bond acceptors (Lipinski definition) is 12. The quantitative estimate of drug-likeness (QED) is 0.0979. The average Bonchev–Trinajstić information content (AvgIpc) is 3.60. The summed E-state index contributed by atoms with van der Waals surface area (Å²) in [5, 5.41) is 11.9. The molecular weight excluding hydrogens is 773 g/mol. The van der Waals surface area contributed by atoms with E-state index in [0.29, 0.717) is 44.8 Å². The summed E-state index contributed by atoms with van der Waals surface area (Å²) >= 11 is 0. The van der Waals surface area contributed by atoms with E-state index in [1.165, 1.54) is 9.58 Å². The third-order valence-electron chi connectivity index (χ3n) is 8.52. The lowest BCUT2D eigenvalue weighted by atomic mass is 10.1. The molecule has 2 aliphatic rings. The molecule has 2 aliphatic heterocycles. The highest BCUT2D eigenvalue weighted by Crippen LogP contribution is 2.44. The number of carbonyl (C=O) groups excluding carboxylic acids is 1. The molecule has 4 aromatic heterocycles. The highest BCUT2D eigenvalue weighted by molar-refractivity contribution is 7.88. The fourth-order valence-electron chi connectivity index (χ4n) is 6.28. The Labute approximate surface area is 304 Å². The molecule has 4 aromatic rings. The third kappa shape index (κ3) is 7.95. The van der Waals surface area contributed by atoms with Crippen LogP contribution < -0.4 is 14.9 Å². The van der Waals surface area contributed by atoms with Gasteiger partial charge in [-0.1, -0.05) is 0 Å². The largest absolute Gasteiger partial charge is 0.534 e. The van der Waals surface area contributed by atoms with Gasteiger partial charge in [0.2, 0.25) is 5.95 Å². The number of nitrogens with one attached hydrogen (secondary N) is 1. The van der Waals surface area contributed by atoms with E-state index in [1.54, 1.807) is 20.8 Å². The number of halogens is 6. The Kier molecular flexibility index (Phi) is 10.1. The van der Waals surface area contributed by atoms with Gasteiger partial charge < -0.3 is 28.4 Å². The maximum atomic E-state index is 14.7. The number of piperidine rings is 1. The molecule has 0 aliphatic carbocycles. The maximum Gasteiger partial charge on any atom is 0.534 e. The first-order valence-electron chi connectivity index (χ1n) is 16.8. The molecule has 1 N–H and O–H groups in total. The summed E-state index contributed by atoms with van der Waals surface area (Å²) in [5.41, 5.74) is -9.66. The normalized spacial score (nSPS) is 19.4. The zero-order valence-electron chi connectivity index (χ0n) is 29.7. The van der Waals surface area contributed by atoms with Gasteiger partial charge in [0, 0.05) is 31.9 Å². The molecule has 15 nitrogen and oxygen atoms in total. The Balaban J connectivity index is 1.53. The molecule has 0 saturated carbocycles. The van der Waals surface area contributed by atoms with Crippen molar-refractivity contribution in [2.24, 2.45) is 0 Å². The first-order valence-corrected chi connectivity index (χ1v) is 20.8. The van der Waals surface area contributed by atoms with Crippen molar-refractivity contribution in [2.45, 2.75) is 82.4 Å². The van der Waals surface area contributed by atoms with Gasteiger partial charge in [-0.25, -0.2) is 24.0 Å². The fraction of sp³-hybridized carbons (Fsp3) is 0.581. The predicted molar refractivity (Wildman–Crippen MR) is 182 cm³/mol. The molecule has 0 radical (unpaired) electrons. The Morgan fingerprint density at radius 2 is 1.74 bits per heavy atom. The van der Waals surface area contributed by atoms with Crippen LogP contribution in [0.1, 0.15) is 64.7 Å². The molecule has 1 amide bonds. The smallest absolute Gasteiger partial charge is 0.444 e. The molecule has 54 heavy (non-hydrogen) atoms. The van der Waals surface area contributed by atoms with E-state index >= 15 is 0 Å². The summed E-state index contributed by atoms with van der Waals surface area (Å²) in [5.74, 6) is -1.16. The van der Waals surface area contributed by atoms with Crippen LogP contribution in [-0.2, 0) is 30.3 Å². The Bertz CT molecular complexity index is 2240. The van der Waals surface area contributed by atoms with Crippen LogP contribution in [0.2, 0.25) is 0 Å². The van der Waals surface area contributed by atoms with E-state index in [0.717, 1.165) is 30.0 Å². The van der Waals surface area contributed by atoms with Gasteiger partial charge in [0.05, 0.1) is 10.9 Å². The van der Waals surface area contributed by atoms with Crippen LogP contribution in [0.3, 0.4) is 0 Å². The third-order valence-corrected chi connectivity index (χ3v) is 10.9. The van der Waals surface area contributed by atoms with Gasteiger partial charge in [-0.2, -0.15) is 39.9 Å². The summed E-state index contributed by atoms with van der Waals surface area (Å²) in [4.78, 5) is 22.4. The van der Waals surface area contributed by atoms with E-state index in [4.69, 9.17) is 9.47 Å². The fourth-order valence-corrected chi connectivity index (χ4v) is 8.06. The van der Waals surface area contributed by atoms with E-state index in [-0.39, 0.29) is 41.3 Å². The standard InChI is InChI=1S/C31H37F6N8O7PS/c1-29(2,3)51-28(46)43-13-8-9-17(16-43)39-27-38-15-18(30(32,33)34)23(40-27)24-22-19-11-12-20(52-54(48,49)31(35,36)37)26(53(4,5)47)44(19)42-25(22)45(41-24)21-10-6-7-14-50-21/h11-12,15,17,21H,6-10,13-14,16H2,1-5H3,(H,38,39,40)/t17-,21?/m0/s1. The highest BCUT2D eigenvalue weighted by Gasteiger charge is 2.49. The second-order valence-corrected chi connectivity index (χ2v) is 19.0. The molecule has 0 bridgehead atoms. The number of alkyl halides is 6. The van der Waals surface area contributed by atoms with Crippen LogP contribution in [0.5, 0.6) is 5.75 Å². The van der Waals surface area contributed by atoms with Crippen LogP contribution >= 0.6 is 7.14 Å². The van der Waals surface area contributed by atoms with Crippen LogP contribution in [0.4, 0.5) is 37.1 Å². The maximum absolute atomic E-state index is 14.7. The van der Waals surface area contributed by atoms with Crippen molar-refractivity contribution in [3.63, 3.8) is 0 Å². The number of rotatable bonds is 7. The average molecular weight is 811 g/mol. The minimum Gasteiger partial charge on any atom is -0.444 e. The minimum absolute atomic E-state index is 0.0759. The van der Waals surface area contributed by atoms with Crippen molar-refractivity contribution < 1.29 is 57.8 Å². The van der Waals surface area contributed by atoms with Crippen LogP contribution in [0.25, 0.3) is 27.9 Å². The van der Waals surface area contributed by atoms with Gasteiger partial charge in [-0.15, -0.1) is 5.10 Å². The summed E-state index contributed by atoms with van der Waals surface area (Å²) < 4.78 is 140. The number of nitrogens with zero attached hydrogens (tertiary/aromatic N) is 7. The predicted octanol–water partition coefficient (Wildman–Crippen LogP) is 6.15. The monoisotopic (exact) mass is 810 g/mol. The minimum atomic E-state index is -6.23. The van der Waals surface area contributed by atoms with Gasteiger partial charge in [0.1, 0.15) is 35.1 Å². The molecule has 296 valence electrons. The number of likely N-dealkylation sites (tertiary alicyclic amines) is 1. The van der Waals surface area contributed by atoms with E-state index < -0.39 is 75.4 Å². The molecule has 6 rings (SSSR count). The molecule has 0 aromatic carbocycles. The van der Waals surface area contributed by atoms with Crippen molar-refractivity contribution >= 4 is 51.3 Å². The lowest BCUT2D eigenvalue weighted by molar-refractivity contribution is -0.137. The van der Waals surface area contributed by atoms with E-state index in [2.05, 4.69) is 29.7 Å². The van der Waals surface area contributed by atoms with Crippen LogP contribution in [0.15, 0.2) is 18.3 Å². The molecular formula is C31H37F6N8O7PS. The molecule has 2 atom stereocenters. The first-order chi connectivity index (χ1) is 24.9. The van der Waals surface area contributed by atoms with Gasteiger partial charge in [-0.3, -0.25) is 0 Å². The summed E-state index contributed by atoms with van der Waals surface area (Å²) in [7, 11) is -9.99. The van der Waals surface area contributed by atoms with Crippen molar-refractivity contribution in [2.75, 3.05) is 38.3 Å². The number of anilines is 1. The Hall–Kier alpha value is -4.17. The van der Waals surface area contributed by atoms with Gasteiger partial charge in [-0.05, 0) is 78.3 Å². The Morgan fingerprint density at radius 3 is 2.35 bits per heavy atom. The molecule has 1 unspecified atom stereocenters. The van der Waals surface area contributed by atoms with Gasteiger partial charge in [0.25, 0.3) is 0 Å². The van der Waals surface area contributed by atoms with Crippen LogP contribution in [0, 0.1) is 0 Å². The summed E-state index contributed by atoms with van der Waals surface area (Å²) in [6.07, 6.45) is -3.02. The molecule has 2 saturated heterocycles. The zero-order valence-corrected chi connectivity index (χ0v) is 31.4. The first kappa shape index (κ1) is 39.5. The number of fused-ring (bicyclic) bond motifs is 3. The van der Waals surface area contributed by atoms with Crippen molar-refractivity contribution in [3.05, 3.63) is 23.9 Å². The number of amides is 1. The lowest BCUT2D eigenvalue weighted by Crippen LogP contribution is -2.47. The van der Waals surface area contributed by atoms with Crippen LogP contribution in [-0.4, -0.2) is 99.0 Å². The SMILES string of the molecule is CC(C)(C)OC(=O)N1CCC[C@H](Nc2ncc(C(F)(F)F)c(-c3nn(C4CCCCO4)c4nn5c(P(C)(C)=O)c(OS(=O)(=O)C(F)(F)F)ccc5c34)n2)C1. The molecule has 23 heteroatoms. The van der Waals surface area contributed by atoms with Gasteiger partial charge >= 0.3 is 27.9 Å². The molecule has 2 fully saturated rings. The zero-order chi connectivity index (χ0) is 39.6.